The monoisotopic (exact) mass is 384 g/mol. The fourth-order valence-electron chi connectivity index (χ4n) is 3.17. The molecule has 0 aromatic carbocycles. The van der Waals surface area contributed by atoms with Crippen LogP contribution in [0.1, 0.15) is 86.5 Å². The normalized spacial score (nSPS) is 25.8. The molecule has 27 heavy (non-hydrogen) atoms. The summed E-state index contributed by atoms with van der Waals surface area (Å²) in [6.07, 6.45) is 3.08. The summed E-state index contributed by atoms with van der Waals surface area (Å²) < 4.78 is 16.6. The molecule has 0 spiro atoms. The van der Waals surface area contributed by atoms with Crippen LogP contribution >= 0.6 is 0 Å². The molecule has 0 aliphatic heterocycles. The lowest BCUT2D eigenvalue weighted by Gasteiger charge is -2.39. The fourth-order valence-corrected chi connectivity index (χ4v) is 3.17. The molecule has 4 atom stereocenters. The van der Waals surface area contributed by atoms with Gasteiger partial charge in [0.15, 0.2) is 5.41 Å². The fraction of sp³-hybridized carbons (Fsp3) is 0.857. The second-order valence-electron chi connectivity index (χ2n) is 7.67. The van der Waals surface area contributed by atoms with Crippen LogP contribution in [0.15, 0.2) is 0 Å². The van der Waals surface area contributed by atoms with Gasteiger partial charge < -0.3 is 14.2 Å². The highest BCUT2D eigenvalue weighted by Gasteiger charge is 2.59. The second kappa shape index (κ2) is 10.7. The topological polar surface area (TPSA) is 78.9 Å². The van der Waals surface area contributed by atoms with Crippen molar-refractivity contribution < 1.29 is 28.6 Å². The average molecular weight is 385 g/mol. The maximum atomic E-state index is 13.1. The van der Waals surface area contributed by atoms with E-state index in [1.165, 1.54) is 0 Å². The van der Waals surface area contributed by atoms with Crippen LogP contribution in [-0.4, -0.2) is 36.2 Å². The zero-order valence-corrected chi connectivity index (χ0v) is 17.7. The third-order valence-electron chi connectivity index (χ3n) is 5.58. The van der Waals surface area contributed by atoms with E-state index in [1.807, 2.05) is 20.8 Å². The lowest BCUT2D eigenvalue weighted by Crippen LogP contribution is -2.53. The number of ether oxygens (including phenoxy) is 3. The van der Waals surface area contributed by atoms with Crippen LogP contribution in [0.3, 0.4) is 0 Å². The van der Waals surface area contributed by atoms with Crippen molar-refractivity contribution in [3.8, 4) is 0 Å². The first kappa shape index (κ1) is 23.4. The minimum absolute atomic E-state index is 0.248. The standard InChI is InChI=1S/C21H36O6/c1-7-14(4)25-18(22)17-12-10-11-13-21(17,19(23)26-15(5)8-2)20(24)27-16(6)9-3/h14-17H,7-13H2,1-6H3. The number of rotatable bonds is 9. The Kier molecular flexibility index (Phi) is 9.27. The average Bonchev–Trinajstić information content (AvgIpc) is 2.66. The first-order valence-electron chi connectivity index (χ1n) is 10.3. The highest BCUT2D eigenvalue weighted by molar-refractivity contribution is 6.04. The molecule has 1 aliphatic carbocycles. The van der Waals surface area contributed by atoms with Gasteiger partial charge in [0.25, 0.3) is 0 Å². The number of carbonyl (C=O) groups excluding carboxylic acids is 3. The Labute approximate surface area is 163 Å². The van der Waals surface area contributed by atoms with E-state index in [2.05, 4.69) is 0 Å². The first-order chi connectivity index (χ1) is 12.7. The van der Waals surface area contributed by atoms with Crippen LogP contribution in [0.25, 0.3) is 0 Å². The number of carbonyl (C=O) groups is 3. The van der Waals surface area contributed by atoms with Crippen LogP contribution in [0, 0.1) is 11.3 Å². The summed E-state index contributed by atoms with van der Waals surface area (Å²) in [5, 5.41) is 0. The third-order valence-corrected chi connectivity index (χ3v) is 5.58. The summed E-state index contributed by atoms with van der Waals surface area (Å²) in [7, 11) is 0. The Balaban J connectivity index is 3.26. The Bertz CT molecular complexity index is 491. The van der Waals surface area contributed by atoms with Crippen molar-refractivity contribution in [3.63, 3.8) is 0 Å². The predicted octanol–water partition coefficient (Wildman–Crippen LogP) is 4.19. The van der Waals surface area contributed by atoms with Gasteiger partial charge in [-0.1, -0.05) is 33.6 Å². The summed E-state index contributed by atoms with van der Waals surface area (Å²) in [5.41, 5.74) is -1.62. The van der Waals surface area contributed by atoms with Gasteiger partial charge in [0, 0.05) is 0 Å². The Hall–Kier alpha value is -1.59. The molecule has 0 aromatic heterocycles. The van der Waals surface area contributed by atoms with E-state index in [9.17, 15) is 14.4 Å². The minimum atomic E-state index is -1.62. The van der Waals surface area contributed by atoms with E-state index >= 15 is 0 Å². The van der Waals surface area contributed by atoms with E-state index < -0.39 is 29.2 Å². The zero-order chi connectivity index (χ0) is 20.6. The molecule has 6 nitrogen and oxygen atoms in total. The molecule has 0 saturated heterocycles. The molecule has 1 saturated carbocycles. The molecule has 156 valence electrons. The maximum Gasteiger partial charge on any atom is 0.324 e. The number of hydrogen-bond donors (Lipinski definition) is 0. The first-order valence-corrected chi connectivity index (χ1v) is 10.3. The van der Waals surface area contributed by atoms with Gasteiger partial charge >= 0.3 is 17.9 Å². The van der Waals surface area contributed by atoms with Gasteiger partial charge in [-0.25, -0.2) is 0 Å². The van der Waals surface area contributed by atoms with Crippen molar-refractivity contribution in [2.45, 2.75) is 105 Å². The van der Waals surface area contributed by atoms with Crippen LogP contribution < -0.4 is 0 Å². The summed E-state index contributed by atoms with van der Waals surface area (Å²) in [4.78, 5) is 39.1. The lowest BCUT2D eigenvalue weighted by atomic mass is 9.66. The van der Waals surface area contributed by atoms with Crippen LogP contribution in [0.4, 0.5) is 0 Å². The number of hydrogen-bond acceptors (Lipinski definition) is 6. The summed E-state index contributed by atoms with van der Waals surface area (Å²) in [6.45, 7) is 11.1. The van der Waals surface area contributed by atoms with E-state index in [0.29, 0.717) is 32.1 Å². The molecule has 4 unspecified atom stereocenters. The minimum Gasteiger partial charge on any atom is -0.462 e. The molecule has 0 aromatic rings. The molecular weight excluding hydrogens is 348 g/mol. The highest BCUT2D eigenvalue weighted by Crippen LogP contribution is 2.45. The van der Waals surface area contributed by atoms with Gasteiger partial charge in [0.1, 0.15) is 0 Å². The van der Waals surface area contributed by atoms with Crippen molar-refractivity contribution >= 4 is 17.9 Å². The van der Waals surface area contributed by atoms with Crippen molar-refractivity contribution in [3.05, 3.63) is 0 Å². The molecule has 6 heteroatoms. The number of esters is 3. The van der Waals surface area contributed by atoms with Crippen LogP contribution in [0.5, 0.6) is 0 Å². The van der Waals surface area contributed by atoms with Crippen molar-refractivity contribution in [1.82, 2.24) is 0 Å². The van der Waals surface area contributed by atoms with Gasteiger partial charge in [-0.3, -0.25) is 14.4 Å². The smallest absolute Gasteiger partial charge is 0.324 e. The third kappa shape index (κ3) is 5.69. The molecule has 1 fully saturated rings. The molecule has 1 aliphatic rings. The lowest BCUT2D eigenvalue weighted by molar-refractivity contribution is -0.193. The van der Waals surface area contributed by atoms with Crippen LogP contribution in [0.2, 0.25) is 0 Å². The van der Waals surface area contributed by atoms with Gasteiger partial charge in [0.2, 0.25) is 0 Å². The Morgan fingerprint density at radius 3 is 1.70 bits per heavy atom. The van der Waals surface area contributed by atoms with Crippen molar-refractivity contribution in [2.75, 3.05) is 0 Å². The van der Waals surface area contributed by atoms with Gasteiger partial charge in [-0.05, 0) is 52.9 Å². The molecule has 0 radical (unpaired) electrons. The second-order valence-corrected chi connectivity index (χ2v) is 7.67. The quantitative estimate of drug-likeness (QED) is 0.337. The van der Waals surface area contributed by atoms with Gasteiger partial charge in [0.05, 0.1) is 24.2 Å². The van der Waals surface area contributed by atoms with E-state index in [1.54, 1.807) is 20.8 Å². The molecule has 0 bridgehead atoms. The molecule has 1 rings (SSSR count). The summed E-state index contributed by atoms with van der Waals surface area (Å²) in [5.74, 6) is -2.69. The molecule has 0 amide bonds. The largest absolute Gasteiger partial charge is 0.462 e. The van der Waals surface area contributed by atoms with E-state index in [0.717, 1.165) is 6.42 Å². The maximum absolute atomic E-state index is 13.1. The van der Waals surface area contributed by atoms with Gasteiger partial charge in [-0.2, -0.15) is 0 Å². The predicted molar refractivity (Wildman–Crippen MR) is 102 cm³/mol. The highest BCUT2D eigenvalue weighted by atomic mass is 16.6. The SMILES string of the molecule is CCC(C)OC(=O)C1CCCCC1(C(=O)OC(C)CC)C(=O)OC(C)CC. The Morgan fingerprint density at radius 2 is 1.26 bits per heavy atom. The zero-order valence-electron chi connectivity index (χ0n) is 17.7. The van der Waals surface area contributed by atoms with E-state index in [-0.39, 0.29) is 24.7 Å². The molecule has 0 N–H and O–H groups in total. The van der Waals surface area contributed by atoms with Crippen LogP contribution in [-0.2, 0) is 28.6 Å². The molecular formula is C21H36O6. The summed E-state index contributed by atoms with van der Waals surface area (Å²) >= 11 is 0. The summed E-state index contributed by atoms with van der Waals surface area (Å²) in [6, 6.07) is 0. The van der Waals surface area contributed by atoms with E-state index in [4.69, 9.17) is 14.2 Å². The Morgan fingerprint density at radius 1 is 0.815 bits per heavy atom. The molecule has 0 heterocycles. The van der Waals surface area contributed by atoms with Gasteiger partial charge in [-0.15, -0.1) is 0 Å². The van der Waals surface area contributed by atoms with Crippen molar-refractivity contribution in [1.29, 1.82) is 0 Å². The van der Waals surface area contributed by atoms with Crippen molar-refractivity contribution in [2.24, 2.45) is 11.3 Å².